The minimum Gasteiger partial charge on any atom is -0.355 e. The van der Waals surface area contributed by atoms with Gasteiger partial charge in [0.15, 0.2) is 0 Å². The first-order valence-electron chi connectivity index (χ1n) is 17.2. The van der Waals surface area contributed by atoms with E-state index in [0.717, 1.165) is 30.6 Å². The highest BCUT2D eigenvalue weighted by molar-refractivity contribution is 5.74. The van der Waals surface area contributed by atoms with Crippen LogP contribution in [0.3, 0.4) is 0 Å². The second-order valence-corrected chi connectivity index (χ2v) is 14.2. The van der Waals surface area contributed by atoms with Crippen LogP contribution in [0.25, 0.3) is 0 Å². The van der Waals surface area contributed by atoms with Crippen molar-refractivity contribution in [3.05, 3.63) is 150 Å². The Morgan fingerprint density at radius 3 is 0.979 bits per heavy atom. The van der Waals surface area contributed by atoms with E-state index in [1.54, 1.807) is 0 Å². The van der Waals surface area contributed by atoms with Crippen LogP contribution < -0.4 is 10.6 Å². The Morgan fingerprint density at radius 1 is 0.298 bits per heavy atom. The molecule has 5 aromatic rings. The van der Waals surface area contributed by atoms with Crippen molar-refractivity contribution in [1.82, 2.24) is 0 Å². The molecule has 0 unspecified atom stereocenters. The summed E-state index contributed by atoms with van der Waals surface area (Å²) in [4.78, 5) is 0. The van der Waals surface area contributed by atoms with Crippen molar-refractivity contribution >= 4 is 22.7 Å². The third-order valence-corrected chi connectivity index (χ3v) is 10.4. The van der Waals surface area contributed by atoms with Crippen molar-refractivity contribution in [3.8, 4) is 0 Å². The zero-order valence-corrected chi connectivity index (χ0v) is 30.9. The molecule has 0 atom stereocenters. The fourth-order valence-electron chi connectivity index (χ4n) is 6.91. The lowest BCUT2D eigenvalue weighted by molar-refractivity contribution is 1.07. The average molecular weight is 623 g/mol. The molecular formula is C45H54N2. The van der Waals surface area contributed by atoms with Crippen LogP contribution in [0, 0.1) is 76.2 Å². The molecule has 0 spiro atoms. The molecule has 2 nitrogen and oxygen atoms in total. The van der Waals surface area contributed by atoms with E-state index in [9.17, 15) is 0 Å². The van der Waals surface area contributed by atoms with E-state index in [2.05, 4.69) is 154 Å². The van der Waals surface area contributed by atoms with Gasteiger partial charge in [0.05, 0.1) is 0 Å². The Bertz CT molecular complexity index is 1970. The predicted molar refractivity (Wildman–Crippen MR) is 206 cm³/mol. The highest BCUT2D eigenvalue weighted by atomic mass is 14.9. The summed E-state index contributed by atoms with van der Waals surface area (Å²) >= 11 is 0. The van der Waals surface area contributed by atoms with Crippen LogP contribution in [0.1, 0.15) is 95.9 Å². The van der Waals surface area contributed by atoms with E-state index in [4.69, 9.17) is 0 Å². The van der Waals surface area contributed by atoms with Gasteiger partial charge in [-0.1, -0.05) is 43.3 Å². The number of anilines is 4. The van der Waals surface area contributed by atoms with Gasteiger partial charge in [0.25, 0.3) is 0 Å². The van der Waals surface area contributed by atoms with Gasteiger partial charge in [-0.2, -0.15) is 0 Å². The molecule has 47 heavy (non-hydrogen) atoms. The van der Waals surface area contributed by atoms with Crippen molar-refractivity contribution in [3.63, 3.8) is 0 Å². The van der Waals surface area contributed by atoms with Gasteiger partial charge in [-0.25, -0.2) is 0 Å². The van der Waals surface area contributed by atoms with Gasteiger partial charge >= 0.3 is 0 Å². The van der Waals surface area contributed by atoms with Crippen molar-refractivity contribution in [1.29, 1.82) is 0 Å². The van der Waals surface area contributed by atoms with E-state index >= 15 is 0 Å². The summed E-state index contributed by atoms with van der Waals surface area (Å²) in [5, 5.41) is 7.49. The molecule has 0 radical (unpaired) electrons. The Labute approximate surface area is 284 Å². The molecule has 5 aromatic carbocycles. The van der Waals surface area contributed by atoms with Gasteiger partial charge in [0.1, 0.15) is 0 Å². The molecule has 0 aliphatic heterocycles. The van der Waals surface area contributed by atoms with Crippen LogP contribution in [0.5, 0.6) is 0 Å². The maximum Gasteiger partial charge on any atom is 0.0418 e. The zero-order chi connectivity index (χ0) is 34.2. The maximum absolute atomic E-state index is 3.78. The van der Waals surface area contributed by atoms with Crippen LogP contribution in [0.15, 0.2) is 60.7 Å². The minimum absolute atomic E-state index is 0.944. The van der Waals surface area contributed by atoms with Crippen molar-refractivity contribution in [2.24, 2.45) is 0 Å². The topological polar surface area (TPSA) is 24.1 Å². The van der Waals surface area contributed by atoms with E-state index in [1.165, 1.54) is 100 Å². The molecule has 0 saturated heterocycles. The molecule has 0 heterocycles. The average Bonchev–Trinajstić information content (AvgIpc) is 3.00. The van der Waals surface area contributed by atoms with Crippen molar-refractivity contribution in [2.45, 2.75) is 102 Å². The summed E-state index contributed by atoms with van der Waals surface area (Å²) in [6, 6.07) is 23.4. The SMILES string of the molecule is CCc1cc(C)c(Nc2cc(C)c(Nc3cc(C)c(Cc4cc(C)c(Cc5cc(C)c(C)cc5C)cc4C)cc3C)cc2C)cc1C. The van der Waals surface area contributed by atoms with E-state index in [1.807, 2.05) is 0 Å². The number of hydrogen-bond donors (Lipinski definition) is 2. The fraction of sp³-hybridized carbons (Fsp3) is 0.333. The highest BCUT2D eigenvalue weighted by Gasteiger charge is 2.13. The van der Waals surface area contributed by atoms with E-state index < -0.39 is 0 Å². The van der Waals surface area contributed by atoms with Crippen LogP contribution in [-0.4, -0.2) is 0 Å². The number of nitrogens with one attached hydrogen (secondary N) is 2. The third kappa shape index (κ3) is 7.49. The van der Waals surface area contributed by atoms with E-state index in [-0.39, 0.29) is 0 Å². The number of rotatable bonds is 9. The Kier molecular flexibility index (Phi) is 10.0. The van der Waals surface area contributed by atoms with Crippen LogP contribution in [0.2, 0.25) is 0 Å². The van der Waals surface area contributed by atoms with Crippen LogP contribution in [-0.2, 0) is 19.3 Å². The van der Waals surface area contributed by atoms with Crippen molar-refractivity contribution < 1.29 is 0 Å². The lowest BCUT2D eigenvalue weighted by atomic mass is 9.89. The van der Waals surface area contributed by atoms with Gasteiger partial charge < -0.3 is 10.6 Å². The summed E-state index contributed by atoms with van der Waals surface area (Å²) in [6.07, 6.45) is 2.99. The normalized spacial score (nSPS) is 11.2. The predicted octanol–water partition coefficient (Wildman–Crippen LogP) is 12.3. The number of benzene rings is 5. The van der Waals surface area contributed by atoms with Gasteiger partial charge in [0, 0.05) is 22.7 Å². The van der Waals surface area contributed by atoms with Gasteiger partial charge in [-0.15, -0.1) is 0 Å². The first kappa shape index (κ1) is 34.0. The summed E-state index contributed by atoms with van der Waals surface area (Å²) in [5.74, 6) is 0. The molecule has 5 rings (SSSR count). The summed E-state index contributed by atoms with van der Waals surface area (Å²) in [7, 11) is 0. The fourth-order valence-corrected chi connectivity index (χ4v) is 6.91. The summed E-state index contributed by atoms with van der Waals surface area (Å²) in [6.45, 7) is 26.7. The first-order chi connectivity index (χ1) is 22.2. The standard InChI is InChI=1S/C45H54N2/c1-13-37-18-33(9)42(20-31(37)7)46-44-22-36(12)45(23-35(44)11)47-43-21-32(8)41(19-34(43)10)25-40-17-29(5)39(16-30(40)6)24-38-15-27(3)26(2)14-28(38)4/h14-23,46-47H,13,24-25H2,1-12H3. The molecule has 0 aliphatic rings. The second-order valence-electron chi connectivity index (χ2n) is 14.2. The lowest BCUT2D eigenvalue weighted by Gasteiger charge is -2.20. The second kappa shape index (κ2) is 13.8. The quantitative estimate of drug-likeness (QED) is 0.171. The number of aryl methyl sites for hydroxylation is 12. The molecule has 2 N–H and O–H groups in total. The molecule has 0 fully saturated rings. The Morgan fingerprint density at radius 2 is 0.553 bits per heavy atom. The molecule has 244 valence electrons. The van der Waals surface area contributed by atoms with Crippen molar-refractivity contribution in [2.75, 3.05) is 10.6 Å². The maximum atomic E-state index is 3.78. The lowest BCUT2D eigenvalue weighted by Crippen LogP contribution is -2.03. The largest absolute Gasteiger partial charge is 0.355 e. The van der Waals surface area contributed by atoms with Gasteiger partial charge in [-0.3, -0.25) is 0 Å². The Hall–Kier alpha value is -4.30. The molecule has 0 aliphatic carbocycles. The van der Waals surface area contributed by atoms with Gasteiger partial charge in [-0.05, 0) is 209 Å². The smallest absolute Gasteiger partial charge is 0.0418 e. The molecule has 0 saturated carbocycles. The summed E-state index contributed by atoms with van der Waals surface area (Å²) < 4.78 is 0. The highest BCUT2D eigenvalue weighted by Crippen LogP contribution is 2.33. The van der Waals surface area contributed by atoms with E-state index in [0.29, 0.717) is 0 Å². The molecular weight excluding hydrogens is 569 g/mol. The third-order valence-electron chi connectivity index (χ3n) is 10.4. The zero-order valence-electron chi connectivity index (χ0n) is 30.9. The monoisotopic (exact) mass is 622 g/mol. The Balaban J connectivity index is 1.34. The van der Waals surface area contributed by atoms with Crippen LogP contribution >= 0.6 is 0 Å². The first-order valence-corrected chi connectivity index (χ1v) is 17.2. The molecule has 0 amide bonds. The molecule has 0 bridgehead atoms. The summed E-state index contributed by atoms with van der Waals surface area (Å²) in [5.41, 5.74) is 26.3. The molecule has 0 aromatic heterocycles. The minimum atomic E-state index is 0.944. The number of hydrogen-bond acceptors (Lipinski definition) is 2. The van der Waals surface area contributed by atoms with Crippen LogP contribution in [0.4, 0.5) is 22.7 Å². The van der Waals surface area contributed by atoms with Gasteiger partial charge in [0.2, 0.25) is 0 Å². The molecule has 2 heteroatoms.